The Kier molecular flexibility index (Phi) is 6.79. The Morgan fingerprint density at radius 1 is 1.15 bits per heavy atom. The zero-order valence-electron chi connectivity index (χ0n) is 15.2. The standard InChI is InChI=1S/C21H25FN2O3/c22-18-8-5-16(6-9-18)19(24-11-13-27-14-12-24)15-23-21(26)10-7-17-3-1-2-4-20(17)25/h1-6,8-9,19,25H,7,10-15H2,(H,23,26). The number of rotatable bonds is 7. The molecule has 6 heteroatoms. The van der Waals surface area contributed by atoms with E-state index < -0.39 is 0 Å². The number of aryl methyl sites for hydroxylation is 1. The fourth-order valence-corrected chi connectivity index (χ4v) is 3.30. The van der Waals surface area contributed by atoms with E-state index >= 15 is 0 Å². The molecule has 0 saturated carbocycles. The molecule has 1 amide bonds. The van der Waals surface area contributed by atoms with E-state index in [-0.39, 0.29) is 23.5 Å². The highest BCUT2D eigenvalue weighted by Gasteiger charge is 2.23. The van der Waals surface area contributed by atoms with Crippen molar-refractivity contribution in [2.45, 2.75) is 18.9 Å². The van der Waals surface area contributed by atoms with E-state index in [1.54, 1.807) is 24.3 Å². The number of para-hydroxylation sites is 1. The minimum absolute atomic E-state index is 0.0245. The molecule has 5 nitrogen and oxygen atoms in total. The van der Waals surface area contributed by atoms with Crippen LogP contribution in [0.5, 0.6) is 5.75 Å². The SMILES string of the molecule is O=C(CCc1ccccc1O)NCC(c1ccc(F)cc1)N1CCOCC1. The summed E-state index contributed by atoms with van der Waals surface area (Å²) in [6.45, 7) is 3.30. The number of phenolic OH excluding ortho intramolecular Hbond substituents is 1. The van der Waals surface area contributed by atoms with Gasteiger partial charge in [0, 0.05) is 26.1 Å². The fraction of sp³-hybridized carbons (Fsp3) is 0.381. The van der Waals surface area contributed by atoms with E-state index in [1.807, 2.05) is 12.1 Å². The number of morpholine rings is 1. The van der Waals surface area contributed by atoms with E-state index in [2.05, 4.69) is 10.2 Å². The van der Waals surface area contributed by atoms with Crippen LogP contribution in [-0.4, -0.2) is 48.8 Å². The largest absolute Gasteiger partial charge is 0.508 e. The monoisotopic (exact) mass is 372 g/mol. The molecule has 2 aromatic carbocycles. The van der Waals surface area contributed by atoms with E-state index in [0.29, 0.717) is 32.6 Å². The number of aromatic hydroxyl groups is 1. The molecule has 1 aliphatic heterocycles. The van der Waals surface area contributed by atoms with Crippen LogP contribution in [-0.2, 0) is 16.0 Å². The topological polar surface area (TPSA) is 61.8 Å². The van der Waals surface area contributed by atoms with Crippen LogP contribution in [0.4, 0.5) is 4.39 Å². The molecule has 0 radical (unpaired) electrons. The molecule has 0 spiro atoms. The number of hydrogen-bond acceptors (Lipinski definition) is 4. The first kappa shape index (κ1) is 19.3. The number of phenols is 1. The summed E-state index contributed by atoms with van der Waals surface area (Å²) in [5.41, 5.74) is 1.73. The van der Waals surface area contributed by atoms with Gasteiger partial charge in [-0.25, -0.2) is 4.39 Å². The molecule has 1 atom stereocenters. The Bertz CT molecular complexity index is 745. The zero-order valence-corrected chi connectivity index (χ0v) is 15.2. The lowest BCUT2D eigenvalue weighted by molar-refractivity contribution is -0.121. The number of ether oxygens (including phenoxy) is 1. The number of benzene rings is 2. The second-order valence-electron chi connectivity index (χ2n) is 6.65. The lowest BCUT2D eigenvalue weighted by Crippen LogP contribution is -2.43. The summed E-state index contributed by atoms with van der Waals surface area (Å²) in [5.74, 6) is -0.132. The number of hydrogen-bond donors (Lipinski definition) is 2. The Labute approximate surface area is 158 Å². The molecule has 0 aliphatic carbocycles. The van der Waals surface area contributed by atoms with Crippen molar-refractivity contribution in [3.63, 3.8) is 0 Å². The molecule has 27 heavy (non-hydrogen) atoms. The van der Waals surface area contributed by atoms with Gasteiger partial charge in [0.1, 0.15) is 11.6 Å². The molecular formula is C21H25FN2O3. The van der Waals surface area contributed by atoms with Gasteiger partial charge in [-0.15, -0.1) is 0 Å². The smallest absolute Gasteiger partial charge is 0.220 e. The van der Waals surface area contributed by atoms with Crippen LogP contribution >= 0.6 is 0 Å². The number of carbonyl (C=O) groups excluding carboxylic acids is 1. The molecule has 1 unspecified atom stereocenters. The van der Waals surface area contributed by atoms with Crippen molar-refractivity contribution in [3.05, 3.63) is 65.5 Å². The number of nitrogens with one attached hydrogen (secondary N) is 1. The van der Waals surface area contributed by atoms with Gasteiger partial charge in [0.2, 0.25) is 5.91 Å². The third-order valence-electron chi connectivity index (χ3n) is 4.85. The number of halogens is 1. The average Bonchev–Trinajstić information content (AvgIpc) is 2.69. The maximum Gasteiger partial charge on any atom is 0.220 e. The Morgan fingerprint density at radius 3 is 2.56 bits per heavy atom. The van der Waals surface area contributed by atoms with Crippen molar-refractivity contribution >= 4 is 5.91 Å². The first-order chi connectivity index (χ1) is 13.1. The first-order valence-electron chi connectivity index (χ1n) is 9.24. The van der Waals surface area contributed by atoms with Crippen LogP contribution in [0.3, 0.4) is 0 Å². The fourth-order valence-electron chi connectivity index (χ4n) is 3.30. The Balaban J connectivity index is 1.59. The van der Waals surface area contributed by atoms with Crippen molar-refractivity contribution in [1.29, 1.82) is 0 Å². The molecule has 0 bridgehead atoms. The Hall–Kier alpha value is -2.44. The van der Waals surface area contributed by atoms with Crippen molar-refractivity contribution in [3.8, 4) is 5.75 Å². The lowest BCUT2D eigenvalue weighted by Gasteiger charge is -2.35. The van der Waals surface area contributed by atoms with Gasteiger partial charge >= 0.3 is 0 Å². The van der Waals surface area contributed by atoms with E-state index in [1.165, 1.54) is 12.1 Å². The van der Waals surface area contributed by atoms with Gasteiger partial charge in [0.15, 0.2) is 0 Å². The van der Waals surface area contributed by atoms with Crippen LogP contribution in [0, 0.1) is 5.82 Å². The number of nitrogens with zero attached hydrogens (tertiary/aromatic N) is 1. The highest BCUT2D eigenvalue weighted by molar-refractivity contribution is 5.76. The summed E-state index contributed by atoms with van der Waals surface area (Å²) < 4.78 is 18.7. The molecule has 1 heterocycles. The van der Waals surface area contributed by atoms with Gasteiger partial charge in [-0.1, -0.05) is 30.3 Å². The second-order valence-corrected chi connectivity index (χ2v) is 6.65. The molecule has 2 N–H and O–H groups in total. The summed E-state index contributed by atoms with van der Waals surface area (Å²) in [6, 6.07) is 13.4. The maximum atomic E-state index is 13.3. The normalized spacial score (nSPS) is 16.0. The van der Waals surface area contributed by atoms with Crippen molar-refractivity contribution in [2.24, 2.45) is 0 Å². The lowest BCUT2D eigenvalue weighted by atomic mass is 10.0. The maximum absolute atomic E-state index is 13.3. The third kappa shape index (κ3) is 5.52. The van der Waals surface area contributed by atoms with Gasteiger partial charge in [-0.3, -0.25) is 9.69 Å². The quantitative estimate of drug-likeness (QED) is 0.784. The van der Waals surface area contributed by atoms with Gasteiger partial charge < -0.3 is 15.2 Å². The highest BCUT2D eigenvalue weighted by Crippen LogP contribution is 2.22. The van der Waals surface area contributed by atoms with Crippen LogP contribution in [0.25, 0.3) is 0 Å². The zero-order chi connectivity index (χ0) is 19.1. The van der Waals surface area contributed by atoms with E-state index in [4.69, 9.17) is 4.74 Å². The molecule has 3 rings (SSSR count). The molecule has 2 aromatic rings. The van der Waals surface area contributed by atoms with Gasteiger partial charge in [-0.05, 0) is 35.7 Å². The third-order valence-corrected chi connectivity index (χ3v) is 4.85. The summed E-state index contributed by atoms with van der Waals surface area (Å²) in [4.78, 5) is 14.6. The highest BCUT2D eigenvalue weighted by atomic mass is 19.1. The summed E-state index contributed by atoms with van der Waals surface area (Å²) in [6.07, 6.45) is 0.786. The molecule has 1 fully saturated rings. The van der Waals surface area contributed by atoms with Gasteiger partial charge in [-0.2, -0.15) is 0 Å². The van der Waals surface area contributed by atoms with Crippen molar-refractivity contribution < 1.29 is 19.0 Å². The van der Waals surface area contributed by atoms with Crippen molar-refractivity contribution in [2.75, 3.05) is 32.8 Å². The minimum atomic E-state index is -0.272. The number of carbonyl (C=O) groups is 1. The molecule has 1 aliphatic rings. The molecular weight excluding hydrogens is 347 g/mol. The molecule has 0 aromatic heterocycles. The van der Waals surface area contributed by atoms with Gasteiger partial charge in [0.25, 0.3) is 0 Å². The van der Waals surface area contributed by atoms with Gasteiger partial charge in [0.05, 0.1) is 19.3 Å². The van der Waals surface area contributed by atoms with E-state index in [0.717, 1.165) is 24.2 Å². The summed E-state index contributed by atoms with van der Waals surface area (Å²) in [7, 11) is 0. The molecule has 1 saturated heterocycles. The van der Waals surface area contributed by atoms with Crippen LogP contribution in [0.2, 0.25) is 0 Å². The minimum Gasteiger partial charge on any atom is -0.508 e. The van der Waals surface area contributed by atoms with Crippen LogP contribution in [0.15, 0.2) is 48.5 Å². The predicted molar refractivity (Wildman–Crippen MR) is 101 cm³/mol. The predicted octanol–water partition coefficient (Wildman–Crippen LogP) is 2.65. The van der Waals surface area contributed by atoms with Crippen LogP contribution < -0.4 is 5.32 Å². The first-order valence-corrected chi connectivity index (χ1v) is 9.24. The average molecular weight is 372 g/mol. The van der Waals surface area contributed by atoms with E-state index in [9.17, 15) is 14.3 Å². The number of amides is 1. The van der Waals surface area contributed by atoms with Crippen LogP contribution in [0.1, 0.15) is 23.6 Å². The second kappa shape index (κ2) is 9.48. The summed E-state index contributed by atoms with van der Waals surface area (Å²) >= 11 is 0. The molecule has 144 valence electrons. The Morgan fingerprint density at radius 2 is 1.85 bits per heavy atom. The summed E-state index contributed by atoms with van der Waals surface area (Å²) in [5, 5.41) is 12.8. The van der Waals surface area contributed by atoms with Crippen molar-refractivity contribution in [1.82, 2.24) is 10.2 Å².